The first-order valence-corrected chi connectivity index (χ1v) is 5.78. The Hall–Kier alpha value is -1.78. The molecule has 0 fully saturated rings. The van der Waals surface area contributed by atoms with Gasteiger partial charge in [0.1, 0.15) is 5.76 Å². The largest absolute Gasteiger partial charge is 0.467 e. The van der Waals surface area contributed by atoms with Crippen molar-refractivity contribution < 1.29 is 14.0 Å². The van der Waals surface area contributed by atoms with Crippen molar-refractivity contribution in [2.24, 2.45) is 0 Å². The standard InChI is InChI=1S/C12H18N2O3/c1-2-3-6-11(15)14-9-12(16)13-8-10-5-4-7-17-10/h4-5,7H,2-3,6,8-9H2,1H3,(H,13,16)(H,14,15). The number of rotatable bonds is 7. The van der Waals surface area contributed by atoms with Crippen LogP contribution in [0.4, 0.5) is 0 Å². The summed E-state index contributed by atoms with van der Waals surface area (Å²) in [4.78, 5) is 22.6. The molecule has 2 amide bonds. The molecule has 0 aliphatic heterocycles. The van der Waals surface area contributed by atoms with Crippen LogP contribution in [0, 0.1) is 0 Å². The smallest absolute Gasteiger partial charge is 0.239 e. The number of hydrogen-bond donors (Lipinski definition) is 2. The molecule has 0 unspecified atom stereocenters. The van der Waals surface area contributed by atoms with E-state index in [0.29, 0.717) is 18.7 Å². The van der Waals surface area contributed by atoms with Gasteiger partial charge < -0.3 is 15.1 Å². The van der Waals surface area contributed by atoms with Crippen LogP contribution >= 0.6 is 0 Å². The number of amides is 2. The van der Waals surface area contributed by atoms with Crippen LogP contribution in [-0.2, 0) is 16.1 Å². The number of carbonyl (C=O) groups excluding carboxylic acids is 2. The molecular weight excluding hydrogens is 220 g/mol. The molecule has 5 nitrogen and oxygen atoms in total. The Labute approximate surface area is 101 Å². The van der Waals surface area contributed by atoms with Crippen molar-refractivity contribution in [1.29, 1.82) is 0 Å². The Morgan fingerprint density at radius 2 is 2.12 bits per heavy atom. The fourth-order valence-corrected chi connectivity index (χ4v) is 1.27. The van der Waals surface area contributed by atoms with Gasteiger partial charge in [0.2, 0.25) is 11.8 Å². The van der Waals surface area contributed by atoms with E-state index in [1.165, 1.54) is 0 Å². The molecule has 0 aliphatic rings. The molecule has 1 rings (SSSR count). The molecule has 17 heavy (non-hydrogen) atoms. The lowest BCUT2D eigenvalue weighted by molar-refractivity contribution is -0.126. The zero-order valence-corrected chi connectivity index (χ0v) is 9.99. The maximum absolute atomic E-state index is 11.3. The maximum Gasteiger partial charge on any atom is 0.239 e. The highest BCUT2D eigenvalue weighted by atomic mass is 16.3. The molecule has 0 saturated heterocycles. The third-order valence-corrected chi connectivity index (χ3v) is 2.24. The lowest BCUT2D eigenvalue weighted by Crippen LogP contribution is -2.36. The molecule has 1 heterocycles. The lowest BCUT2D eigenvalue weighted by Gasteiger charge is -2.05. The predicted molar refractivity (Wildman–Crippen MR) is 63.1 cm³/mol. The molecule has 0 aliphatic carbocycles. The fourth-order valence-electron chi connectivity index (χ4n) is 1.27. The molecule has 0 spiro atoms. The minimum absolute atomic E-state index is 0.0171. The van der Waals surface area contributed by atoms with Crippen LogP contribution in [0.25, 0.3) is 0 Å². The van der Waals surface area contributed by atoms with Crippen LogP contribution in [0.3, 0.4) is 0 Å². The van der Waals surface area contributed by atoms with Crippen LogP contribution in [0.15, 0.2) is 22.8 Å². The summed E-state index contributed by atoms with van der Waals surface area (Å²) in [7, 11) is 0. The SMILES string of the molecule is CCCCC(=O)NCC(=O)NCc1ccco1. The normalized spacial score (nSPS) is 9.94. The van der Waals surface area contributed by atoms with E-state index in [1.807, 2.05) is 6.92 Å². The highest BCUT2D eigenvalue weighted by molar-refractivity contribution is 5.84. The molecule has 1 aromatic heterocycles. The topological polar surface area (TPSA) is 71.3 Å². The van der Waals surface area contributed by atoms with Crippen LogP contribution in [0.1, 0.15) is 31.9 Å². The number of furan rings is 1. The predicted octanol–water partition coefficient (Wildman–Crippen LogP) is 1.20. The zero-order chi connectivity index (χ0) is 12.5. The number of unbranched alkanes of at least 4 members (excludes halogenated alkanes) is 1. The molecule has 1 aromatic rings. The number of carbonyl (C=O) groups is 2. The minimum Gasteiger partial charge on any atom is -0.467 e. The molecule has 0 bridgehead atoms. The molecule has 0 aromatic carbocycles. The van der Waals surface area contributed by atoms with E-state index in [2.05, 4.69) is 10.6 Å². The first-order chi connectivity index (χ1) is 8.22. The second-order valence-electron chi connectivity index (χ2n) is 3.74. The van der Waals surface area contributed by atoms with Crippen molar-refractivity contribution in [1.82, 2.24) is 10.6 Å². The molecule has 5 heteroatoms. The number of nitrogens with one attached hydrogen (secondary N) is 2. The second-order valence-corrected chi connectivity index (χ2v) is 3.74. The second kappa shape index (κ2) is 7.49. The maximum atomic E-state index is 11.3. The van der Waals surface area contributed by atoms with E-state index in [-0.39, 0.29) is 18.4 Å². The van der Waals surface area contributed by atoms with Gasteiger partial charge in [0, 0.05) is 6.42 Å². The van der Waals surface area contributed by atoms with Gasteiger partial charge >= 0.3 is 0 Å². The van der Waals surface area contributed by atoms with Crippen LogP contribution < -0.4 is 10.6 Å². The van der Waals surface area contributed by atoms with Gasteiger partial charge in [-0.25, -0.2) is 0 Å². The molecule has 0 radical (unpaired) electrons. The molecule has 94 valence electrons. The van der Waals surface area contributed by atoms with Crippen molar-refractivity contribution >= 4 is 11.8 Å². The van der Waals surface area contributed by atoms with Gasteiger partial charge in [0.05, 0.1) is 19.4 Å². The quantitative estimate of drug-likeness (QED) is 0.749. The molecule has 2 N–H and O–H groups in total. The Morgan fingerprint density at radius 3 is 2.76 bits per heavy atom. The average molecular weight is 238 g/mol. The summed E-state index contributed by atoms with van der Waals surface area (Å²) in [6.45, 7) is 2.38. The highest BCUT2D eigenvalue weighted by Crippen LogP contribution is 1.98. The van der Waals surface area contributed by atoms with Gasteiger partial charge in [-0.05, 0) is 18.6 Å². The van der Waals surface area contributed by atoms with E-state index in [4.69, 9.17) is 4.42 Å². The third kappa shape index (κ3) is 5.75. The monoisotopic (exact) mass is 238 g/mol. The molecular formula is C12H18N2O3. The third-order valence-electron chi connectivity index (χ3n) is 2.24. The number of hydrogen-bond acceptors (Lipinski definition) is 3. The summed E-state index contributed by atoms with van der Waals surface area (Å²) in [5, 5.41) is 5.21. The summed E-state index contributed by atoms with van der Waals surface area (Å²) >= 11 is 0. The first kappa shape index (κ1) is 13.3. The summed E-state index contributed by atoms with van der Waals surface area (Å²) < 4.78 is 5.06. The first-order valence-electron chi connectivity index (χ1n) is 5.78. The van der Waals surface area contributed by atoms with Gasteiger partial charge in [0.25, 0.3) is 0 Å². The van der Waals surface area contributed by atoms with Crippen molar-refractivity contribution in [3.05, 3.63) is 24.2 Å². The highest BCUT2D eigenvalue weighted by Gasteiger charge is 2.05. The molecule has 0 saturated carbocycles. The van der Waals surface area contributed by atoms with Crippen molar-refractivity contribution in [2.45, 2.75) is 32.7 Å². The van der Waals surface area contributed by atoms with Crippen LogP contribution in [-0.4, -0.2) is 18.4 Å². The summed E-state index contributed by atoms with van der Waals surface area (Å²) in [5.74, 6) is 0.391. The zero-order valence-electron chi connectivity index (χ0n) is 9.99. The average Bonchev–Trinajstić information content (AvgIpc) is 2.84. The van der Waals surface area contributed by atoms with Crippen molar-refractivity contribution in [3.63, 3.8) is 0 Å². The van der Waals surface area contributed by atoms with Gasteiger partial charge in [-0.1, -0.05) is 13.3 Å². The van der Waals surface area contributed by atoms with E-state index in [0.717, 1.165) is 12.8 Å². The summed E-state index contributed by atoms with van der Waals surface area (Å²) in [5.41, 5.74) is 0. The van der Waals surface area contributed by atoms with E-state index < -0.39 is 0 Å². The summed E-state index contributed by atoms with van der Waals surface area (Å²) in [6, 6.07) is 3.54. The van der Waals surface area contributed by atoms with E-state index >= 15 is 0 Å². The Kier molecular flexibility index (Phi) is 5.85. The summed E-state index contributed by atoms with van der Waals surface area (Å²) in [6.07, 6.45) is 3.84. The van der Waals surface area contributed by atoms with Gasteiger partial charge in [-0.3, -0.25) is 9.59 Å². The van der Waals surface area contributed by atoms with Gasteiger partial charge in [0.15, 0.2) is 0 Å². The Morgan fingerprint density at radius 1 is 1.29 bits per heavy atom. The van der Waals surface area contributed by atoms with Crippen LogP contribution in [0.2, 0.25) is 0 Å². The Bertz CT molecular complexity index is 347. The van der Waals surface area contributed by atoms with E-state index in [9.17, 15) is 9.59 Å². The van der Waals surface area contributed by atoms with Crippen molar-refractivity contribution in [3.8, 4) is 0 Å². The van der Waals surface area contributed by atoms with Gasteiger partial charge in [-0.2, -0.15) is 0 Å². The lowest BCUT2D eigenvalue weighted by atomic mass is 10.2. The van der Waals surface area contributed by atoms with Gasteiger partial charge in [-0.15, -0.1) is 0 Å². The Balaban J connectivity index is 2.11. The molecule has 0 atom stereocenters. The van der Waals surface area contributed by atoms with Crippen LogP contribution in [0.5, 0.6) is 0 Å². The fraction of sp³-hybridized carbons (Fsp3) is 0.500. The van der Waals surface area contributed by atoms with Crippen molar-refractivity contribution in [2.75, 3.05) is 6.54 Å². The van der Waals surface area contributed by atoms with E-state index in [1.54, 1.807) is 18.4 Å². The minimum atomic E-state index is -0.216.